The zero-order valence-electron chi connectivity index (χ0n) is 11.7. The summed E-state index contributed by atoms with van der Waals surface area (Å²) in [7, 11) is 0. The summed E-state index contributed by atoms with van der Waals surface area (Å²) in [5, 5.41) is 6.06. The molecule has 1 aromatic carbocycles. The number of aryl methyl sites for hydroxylation is 2. The van der Waals surface area contributed by atoms with Crippen LogP contribution < -0.4 is 10.6 Å². The summed E-state index contributed by atoms with van der Waals surface area (Å²) in [4.78, 5) is 11.8. The van der Waals surface area contributed by atoms with E-state index in [4.69, 9.17) is 4.74 Å². The van der Waals surface area contributed by atoms with Gasteiger partial charge in [-0.1, -0.05) is 17.7 Å². The average Bonchev–Trinajstić information content (AvgIpc) is 2.86. The molecule has 0 radical (unpaired) electrons. The van der Waals surface area contributed by atoms with Gasteiger partial charge in [-0.25, -0.2) is 0 Å². The number of carbonyl (C=O) groups excluding carboxylic acids is 1. The topological polar surface area (TPSA) is 50.4 Å². The lowest BCUT2D eigenvalue weighted by Gasteiger charge is -2.12. The predicted octanol–water partition coefficient (Wildman–Crippen LogP) is 2.01. The molecule has 4 nitrogen and oxygen atoms in total. The van der Waals surface area contributed by atoms with E-state index in [2.05, 4.69) is 16.7 Å². The molecule has 0 bridgehead atoms. The summed E-state index contributed by atoms with van der Waals surface area (Å²) in [6, 6.07) is 6.01. The number of benzene rings is 1. The molecule has 4 heteroatoms. The number of hydrogen-bond donors (Lipinski definition) is 2. The van der Waals surface area contributed by atoms with Gasteiger partial charge in [-0.05, 0) is 38.3 Å². The van der Waals surface area contributed by atoms with Crippen LogP contribution in [-0.2, 0) is 9.53 Å². The van der Waals surface area contributed by atoms with Gasteiger partial charge in [-0.2, -0.15) is 0 Å². The highest BCUT2D eigenvalue weighted by Gasteiger charge is 2.15. The SMILES string of the molecule is Cc1ccc(NC(=O)CNCC2CCCO2)c(C)c1. The zero-order valence-corrected chi connectivity index (χ0v) is 11.7. The van der Waals surface area contributed by atoms with Crippen molar-refractivity contribution in [2.75, 3.05) is 25.0 Å². The first kappa shape index (κ1) is 14.0. The quantitative estimate of drug-likeness (QED) is 0.853. The molecule has 0 spiro atoms. The molecule has 0 saturated carbocycles. The van der Waals surface area contributed by atoms with E-state index in [9.17, 15) is 4.79 Å². The van der Waals surface area contributed by atoms with Gasteiger partial charge < -0.3 is 15.4 Å². The maximum Gasteiger partial charge on any atom is 0.238 e. The predicted molar refractivity (Wildman–Crippen MR) is 76.4 cm³/mol. The van der Waals surface area contributed by atoms with E-state index in [0.717, 1.165) is 37.2 Å². The summed E-state index contributed by atoms with van der Waals surface area (Å²) in [6.45, 7) is 5.97. The van der Waals surface area contributed by atoms with E-state index in [1.54, 1.807) is 0 Å². The molecule has 1 aliphatic heterocycles. The Morgan fingerprint density at radius 3 is 2.95 bits per heavy atom. The van der Waals surface area contributed by atoms with E-state index in [1.165, 1.54) is 5.56 Å². The maximum absolute atomic E-state index is 11.8. The Balaban J connectivity index is 1.74. The van der Waals surface area contributed by atoms with Gasteiger partial charge in [0.25, 0.3) is 0 Å². The Labute approximate surface area is 114 Å². The number of rotatable bonds is 5. The summed E-state index contributed by atoms with van der Waals surface area (Å²) >= 11 is 0. The fourth-order valence-corrected chi connectivity index (χ4v) is 2.30. The minimum absolute atomic E-state index is 0.00931. The number of anilines is 1. The van der Waals surface area contributed by atoms with Crippen LogP contribution in [-0.4, -0.2) is 31.7 Å². The highest BCUT2D eigenvalue weighted by molar-refractivity contribution is 5.92. The van der Waals surface area contributed by atoms with Crippen molar-refractivity contribution in [1.82, 2.24) is 5.32 Å². The standard InChI is InChI=1S/C15H22N2O2/c1-11-5-6-14(12(2)8-11)17-15(18)10-16-9-13-4-3-7-19-13/h5-6,8,13,16H,3-4,7,9-10H2,1-2H3,(H,17,18). The van der Waals surface area contributed by atoms with Gasteiger partial charge in [0.15, 0.2) is 0 Å². The van der Waals surface area contributed by atoms with Gasteiger partial charge in [0.2, 0.25) is 5.91 Å². The molecule has 1 saturated heterocycles. The number of carbonyl (C=O) groups is 1. The molecule has 0 aromatic heterocycles. The zero-order chi connectivity index (χ0) is 13.7. The molecular formula is C15H22N2O2. The number of ether oxygens (including phenoxy) is 1. The minimum Gasteiger partial charge on any atom is -0.377 e. The first-order valence-corrected chi connectivity index (χ1v) is 6.84. The summed E-state index contributed by atoms with van der Waals surface area (Å²) in [6.07, 6.45) is 2.49. The van der Waals surface area contributed by atoms with Gasteiger partial charge in [-0.3, -0.25) is 4.79 Å². The summed E-state index contributed by atoms with van der Waals surface area (Å²) in [5.74, 6) is -0.00931. The number of amides is 1. The largest absolute Gasteiger partial charge is 0.377 e. The molecule has 1 heterocycles. The van der Waals surface area contributed by atoms with Crippen LogP contribution in [0.4, 0.5) is 5.69 Å². The molecule has 1 amide bonds. The normalized spacial score (nSPS) is 18.5. The lowest BCUT2D eigenvalue weighted by Crippen LogP contribution is -2.33. The Hall–Kier alpha value is -1.39. The van der Waals surface area contributed by atoms with Gasteiger partial charge in [0.1, 0.15) is 0 Å². The van der Waals surface area contributed by atoms with E-state index in [1.807, 2.05) is 26.0 Å². The second kappa shape index (κ2) is 6.68. The van der Waals surface area contributed by atoms with E-state index in [0.29, 0.717) is 6.54 Å². The number of hydrogen-bond acceptors (Lipinski definition) is 3. The third-order valence-corrected chi connectivity index (χ3v) is 3.34. The molecule has 2 rings (SSSR count). The van der Waals surface area contributed by atoms with Crippen LogP contribution in [0.25, 0.3) is 0 Å². The lowest BCUT2D eigenvalue weighted by molar-refractivity contribution is -0.115. The van der Waals surface area contributed by atoms with Crippen LogP contribution in [0.3, 0.4) is 0 Å². The van der Waals surface area contributed by atoms with Crippen LogP contribution in [0.2, 0.25) is 0 Å². The number of nitrogens with one attached hydrogen (secondary N) is 2. The highest BCUT2D eigenvalue weighted by Crippen LogP contribution is 2.15. The Kier molecular flexibility index (Phi) is 4.93. The molecule has 104 valence electrons. The molecule has 1 atom stereocenters. The Morgan fingerprint density at radius 2 is 2.26 bits per heavy atom. The van der Waals surface area contributed by atoms with Crippen LogP contribution in [0.1, 0.15) is 24.0 Å². The molecule has 1 fully saturated rings. The maximum atomic E-state index is 11.8. The second-order valence-corrected chi connectivity index (χ2v) is 5.13. The fraction of sp³-hybridized carbons (Fsp3) is 0.533. The van der Waals surface area contributed by atoms with Crippen LogP contribution in [0.5, 0.6) is 0 Å². The van der Waals surface area contributed by atoms with Gasteiger partial charge in [0.05, 0.1) is 12.6 Å². The first-order valence-electron chi connectivity index (χ1n) is 6.84. The van der Waals surface area contributed by atoms with Crippen molar-refractivity contribution in [2.24, 2.45) is 0 Å². The molecule has 1 aromatic rings. The van der Waals surface area contributed by atoms with Gasteiger partial charge >= 0.3 is 0 Å². The fourth-order valence-electron chi connectivity index (χ4n) is 2.30. The van der Waals surface area contributed by atoms with Gasteiger partial charge in [0, 0.05) is 18.8 Å². The lowest BCUT2D eigenvalue weighted by atomic mass is 10.1. The van der Waals surface area contributed by atoms with Crippen molar-refractivity contribution in [1.29, 1.82) is 0 Å². The van der Waals surface area contributed by atoms with Crippen molar-refractivity contribution in [3.8, 4) is 0 Å². The third-order valence-electron chi connectivity index (χ3n) is 3.34. The highest BCUT2D eigenvalue weighted by atomic mass is 16.5. The molecule has 19 heavy (non-hydrogen) atoms. The molecule has 1 unspecified atom stereocenters. The van der Waals surface area contributed by atoms with Crippen LogP contribution >= 0.6 is 0 Å². The van der Waals surface area contributed by atoms with E-state index >= 15 is 0 Å². The minimum atomic E-state index is -0.00931. The summed E-state index contributed by atoms with van der Waals surface area (Å²) in [5.41, 5.74) is 3.17. The second-order valence-electron chi connectivity index (χ2n) is 5.13. The smallest absolute Gasteiger partial charge is 0.238 e. The van der Waals surface area contributed by atoms with Crippen molar-refractivity contribution in [3.63, 3.8) is 0 Å². The Morgan fingerprint density at radius 1 is 1.42 bits per heavy atom. The van der Waals surface area contributed by atoms with E-state index in [-0.39, 0.29) is 12.0 Å². The van der Waals surface area contributed by atoms with Crippen LogP contribution in [0, 0.1) is 13.8 Å². The molecule has 2 N–H and O–H groups in total. The Bertz CT molecular complexity index is 440. The van der Waals surface area contributed by atoms with Crippen molar-refractivity contribution < 1.29 is 9.53 Å². The van der Waals surface area contributed by atoms with Crippen molar-refractivity contribution in [2.45, 2.75) is 32.8 Å². The molecule has 0 aliphatic carbocycles. The average molecular weight is 262 g/mol. The summed E-state index contributed by atoms with van der Waals surface area (Å²) < 4.78 is 5.49. The third kappa shape index (κ3) is 4.33. The molecule has 1 aliphatic rings. The monoisotopic (exact) mass is 262 g/mol. The van der Waals surface area contributed by atoms with E-state index < -0.39 is 0 Å². The van der Waals surface area contributed by atoms with Gasteiger partial charge in [-0.15, -0.1) is 0 Å². The van der Waals surface area contributed by atoms with Crippen molar-refractivity contribution >= 4 is 11.6 Å². The van der Waals surface area contributed by atoms with Crippen molar-refractivity contribution in [3.05, 3.63) is 29.3 Å². The van der Waals surface area contributed by atoms with Crippen LogP contribution in [0.15, 0.2) is 18.2 Å². The molecular weight excluding hydrogens is 240 g/mol. The first-order chi connectivity index (χ1) is 9.15.